The molecular weight excluding hydrogens is 236 g/mol. The van der Waals surface area contributed by atoms with Gasteiger partial charge in [0.15, 0.2) is 0 Å². The van der Waals surface area contributed by atoms with Crippen LogP contribution in [0.4, 0.5) is 11.6 Å². The van der Waals surface area contributed by atoms with Gasteiger partial charge in [-0.15, -0.1) is 0 Å². The van der Waals surface area contributed by atoms with E-state index in [9.17, 15) is 0 Å². The predicted octanol–water partition coefficient (Wildman–Crippen LogP) is 2.61. The van der Waals surface area contributed by atoms with Gasteiger partial charge in [0.2, 0.25) is 5.95 Å². The smallest absolute Gasteiger partial charge is 0.205 e. The molecule has 0 spiro atoms. The zero-order chi connectivity index (χ0) is 13.4. The first-order valence-electron chi connectivity index (χ1n) is 6.81. The molecule has 0 unspecified atom stereocenters. The molecule has 100 valence electrons. The lowest BCUT2D eigenvalue weighted by Gasteiger charge is -2.31. The number of fused-ring (bicyclic) bond motifs is 1. The predicted molar refractivity (Wildman–Crippen MR) is 78.2 cm³/mol. The number of benzene rings is 1. The van der Waals surface area contributed by atoms with E-state index in [4.69, 9.17) is 5.73 Å². The third kappa shape index (κ3) is 2.07. The summed E-state index contributed by atoms with van der Waals surface area (Å²) in [4.78, 5) is 6.85. The molecule has 2 N–H and O–H groups in total. The van der Waals surface area contributed by atoms with Gasteiger partial charge in [-0.25, -0.2) is 4.98 Å². The molecule has 0 saturated carbocycles. The maximum Gasteiger partial charge on any atom is 0.205 e. The molecule has 0 saturated heterocycles. The first-order valence-corrected chi connectivity index (χ1v) is 6.81. The van der Waals surface area contributed by atoms with E-state index in [0.717, 1.165) is 31.1 Å². The fourth-order valence-electron chi connectivity index (χ4n) is 2.76. The van der Waals surface area contributed by atoms with Crippen LogP contribution >= 0.6 is 0 Å². The molecule has 2 heterocycles. The van der Waals surface area contributed by atoms with Gasteiger partial charge in [-0.2, -0.15) is 0 Å². The van der Waals surface area contributed by atoms with Crippen molar-refractivity contribution in [2.45, 2.75) is 32.9 Å². The number of hydrogen-bond donors (Lipinski definition) is 1. The average Bonchev–Trinajstić information content (AvgIpc) is 2.88. The maximum absolute atomic E-state index is 6.04. The highest BCUT2D eigenvalue weighted by Crippen LogP contribution is 2.27. The lowest BCUT2D eigenvalue weighted by atomic mass is 9.98. The summed E-state index contributed by atoms with van der Waals surface area (Å²) in [6.07, 6.45) is 4.92. The number of aromatic nitrogens is 2. The van der Waals surface area contributed by atoms with E-state index in [-0.39, 0.29) is 0 Å². The van der Waals surface area contributed by atoms with E-state index in [2.05, 4.69) is 40.6 Å². The first kappa shape index (κ1) is 12.1. The molecular formula is C15H20N4. The van der Waals surface area contributed by atoms with Crippen LogP contribution in [0, 0.1) is 0 Å². The van der Waals surface area contributed by atoms with Crippen LogP contribution in [-0.4, -0.2) is 16.1 Å². The molecule has 1 aliphatic rings. The summed E-state index contributed by atoms with van der Waals surface area (Å²) in [6, 6.07) is 6.62. The molecule has 1 aromatic carbocycles. The minimum Gasteiger partial charge on any atom is -0.398 e. The second-order valence-corrected chi connectivity index (χ2v) is 5.38. The minimum atomic E-state index is 0.430. The topological polar surface area (TPSA) is 47.1 Å². The fourth-order valence-corrected chi connectivity index (χ4v) is 2.76. The molecule has 0 amide bonds. The van der Waals surface area contributed by atoms with Crippen LogP contribution in [0.1, 0.15) is 31.0 Å². The molecule has 2 aromatic rings. The molecule has 4 heteroatoms. The summed E-state index contributed by atoms with van der Waals surface area (Å²) < 4.78 is 2.22. The van der Waals surface area contributed by atoms with Crippen molar-refractivity contribution in [1.29, 1.82) is 0 Å². The van der Waals surface area contributed by atoms with Crippen LogP contribution in [-0.2, 0) is 13.0 Å². The molecule has 0 fully saturated rings. The van der Waals surface area contributed by atoms with E-state index >= 15 is 0 Å². The van der Waals surface area contributed by atoms with Gasteiger partial charge in [0.25, 0.3) is 0 Å². The Morgan fingerprint density at radius 1 is 1.32 bits per heavy atom. The number of nitrogen functional groups attached to an aromatic ring is 1. The average molecular weight is 256 g/mol. The largest absolute Gasteiger partial charge is 0.398 e. The monoisotopic (exact) mass is 256 g/mol. The molecule has 0 aliphatic carbocycles. The van der Waals surface area contributed by atoms with Crippen molar-refractivity contribution in [1.82, 2.24) is 9.55 Å². The highest BCUT2D eigenvalue weighted by atomic mass is 15.3. The van der Waals surface area contributed by atoms with Crippen molar-refractivity contribution in [3.05, 3.63) is 41.7 Å². The van der Waals surface area contributed by atoms with Gasteiger partial charge in [0, 0.05) is 37.2 Å². The van der Waals surface area contributed by atoms with Crippen LogP contribution in [0.5, 0.6) is 0 Å². The standard InChI is InChI=1S/C15H20N4/c1-11(2)19-9-7-17-15(19)18-8-6-13-12(10-18)4-3-5-14(13)16/h3-5,7,9,11H,6,8,10,16H2,1-2H3. The van der Waals surface area contributed by atoms with Crippen molar-refractivity contribution in [2.75, 3.05) is 17.2 Å². The Morgan fingerprint density at radius 3 is 2.95 bits per heavy atom. The summed E-state index contributed by atoms with van der Waals surface area (Å²) in [5, 5.41) is 0. The molecule has 1 aromatic heterocycles. The third-order valence-corrected chi connectivity index (χ3v) is 3.79. The van der Waals surface area contributed by atoms with E-state index in [0.29, 0.717) is 6.04 Å². The highest BCUT2D eigenvalue weighted by molar-refractivity contribution is 5.54. The van der Waals surface area contributed by atoms with Crippen LogP contribution in [0.15, 0.2) is 30.6 Å². The maximum atomic E-state index is 6.04. The Balaban J connectivity index is 1.92. The van der Waals surface area contributed by atoms with Crippen LogP contribution in [0.3, 0.4) is 0 Å². The van der Waals surface area contributed by atoms with Crippen molar-refractivity contribution in [3.8, 4) is 0 Å². The molecule has 0 radical (unpaired) electrons. The zero-order valence-electron chi connectivity index (χ0n) is 11.5. The number of hydrogen-bond acceptors (Lipinski definition) is 3. The van der Waals surface area contributed by atoms with Gasteiger partial charge in [0.05, 0.1) is 0 Å². The van der Waals surface area contributed by atoms with Crippen molar-refractivity contribution >= 4 is 11.6 Å². The molecule has 1 aliphatic heterocycles. The van der Waals surface area contributed by atoms with Crippen LogP contribution in [0.25, 0.3) is 0 Å². The molecule has 3 rings (SSSR count). The number of imidazole rings is 1. The quantitative estimate of drug-likeness (QED) is 0.840. The molecule has 4 nitrogen and oxygen atoms in total. The summed E-state index contributed by atoms with van der Waals surface area (Å²) in [6.45, 7) is 6.23. The number of anilines is 2. The van der Waals surface area contributed by atoms with Gasteiger partial charge < -0.3 is 15.2 Å². The van der Waals surface area contributed by atoms with Crippen molar-refractivity contribution in [2.24, 2.45) is 0 Å². The Morgan fingerprint density at radius 2 is 2.16 bits per heavy atom. The van der Waals surface area contributed by atoms with Gasteiger partial charge in [-0.1, -0.05) is 12.1 Å². The van der Waals surface area contributed by atoms with Gasteiger partial charge >= 0.3 is 0 Å². The Hall–Kier alpha value is -1.97. The SMILES string of the molecule is CC(C)n1ccnc1N1CCc2c(N)cccc2C1. The minimum absolute atomic E-state index is 0.430. The lowest BCUT2D eigenvalue weighted by Crippen LogP contribution is -2.33. The van der Waals surface area contributed by atoms with Gasteiger partial charge in [0.1, 0.15) is 0 Å². The van der Waals surface area contributed by atoms with Gasteiger partial charge in [-0.05, 0) is 37.5 Å². The van der Waals surface area contributed by atoms with E-state index in [1.807, 2.05) is 18.3 Å². The molecule has 0 atom stereocenters. The normalized spacial score (nSPS) is 14.8. The number of nitrogens with zero attached hydrogens (tertiary/aromatic N) is 3. The van der Waals surface area contributed by atoms with Crippen molar-refractivity contribution < 1.29 is 0 Å². The van der Waals surface area contributed by atoms with Crippen LogP contribution in [0.2, 0.25) is 0 Å². The van der Waals surface area contributed by atoms with Crippen LogP contribution < -0.4 is 10.6 Å². The summed E-state index contributed by atoms with van der Waals surface area (Å²) in [5.41, 5.74) is 9.60. The second-order valence-electron chi connectivity index (χ2n) is 5.38. The van der Waals surface area contributed by atoms with E-state index in [1.165, 1.54) is 11.1 Å². The summed E-state index contributed by atoms with van der Waals surface area (Å²) in [7, 11) is 0. The lowest BCUT2D eigenvalue weighted by molar-refractivity contribution is 0.576. The number of rotatable bonds is 2. The Bertz CT molecular complexity index is 586. The number of nitrogens with two attached hydrogens (primary N) is 1. The first-order chi connectivity index (χ1) is 9.16. The summed E-state index contributed by atoms with van der Waals surface area (Å²) in [5.74, 6) is 1.06. The highest BCUT2D eigenvalue weighted by Gasteiger charge is 2.21. The third-order valence-electron chi connectivity index (χ3n) is 3.79. The van der Waals surface area contributed by atoms with E-state index in [1.54, 1.807) is 0 Å². The van der Waals surface area contributed by atoms with E-state index < -0.39 is 0 Å². The zero-order valence-corrected chi connectivity index (χ0v) is 11.5. The fraction of sp³-hybridized carbons (Fsp3) is 0.400. The van der Waals surface area contributed by atoms with Crippen molar-refractivity contribution in [3.63, 3.8) is 0 Å². The Kier molecular flexibility index (Phi) is 2.93. The Labute approximate surface area is 113 Å². The van der Waals surface area contributed by atoms with Gasteiger partial charge in [-0.3, -0.25) is 0 Å². The molecule has 19 heavy (non-hydrogen) atoms. The molecule has 0 bridgehead atoms. The summed E-state index contributed by atoms with van der Waals surface area (Å²) >= 11 is 0. The second kappa shape index (κ2) is 4.61.